The smallest absolute Gasteiger partial charge is 0.291 e. The second kappa shape index (κ2) is 8.49. The Morgan fingerprint density at radius 2 is 1.90 bits per heavy atom. The van der Waals surface area contributed by atoms with Gasteiger partial charge in [0.15, 0.2) is 5.76 Å². The zero-order valence-corrected chi connectivity index (χ0v) is 17.3. The summed E-state index contributed by atoms with van der Waals surface area (Å²) in [5.41, 5.74) is 2.05. The fraction of sp³-hybridized carbons (Fsp3) is 0.318. The second-order valence-corrected chi connectivity index (χ2v) is 8.62. The molecule has 7 heteroatoms. The lowest BCUT2D eigenvalue weighted by Gasteiger charge is -2.38. The summed E-state index contributed by atoms with van der Waals surface area (Å²) in [5, 5.41) is 3.82. The lowest BCUT2D eigenvalue weighted by atomic mass is 9.97. The van der Waals surface area contributed by atoms with Gasteiger partial charge in [-0.2, -0.15) is 0 Å². The predicted molar refractivity (Wildman–Crippen MR) is 113 cm³/mol. The molecule has 1 fully saturated rings. The molecule has 3 heterocycles. The van der Waals surface area contributed by atoms with Crippen LogP contribution in [-0.2, 0) is 0 Å². The number of hydrogen-bond donors (Lipinski definition) is 1. The van der Waals surface area contributed by atoms with Crippen molar-refractivity contribution in [3.8, 4) is 0 Å². The first-order valence-corrected chi connectivity index (χ1v) is 10.5. The van der Waals surface area contributed by atoms with Crippen LogP contribution in [-0.4, -0.2) is 48.9 Å². The van der Waals surface area contributed by atoms with E-state index in [9.17, 15) is 9.18 Å². The predicted octanol–water partition coefficient (Wildman–Crippen LogP) is 4.38. The maximum Gasteiger partial charge on any atom is 0.291 e. The van der Waals surface area contributed by atoms with Crippen LogP contribution in [0.5, 0.6) is 0 Å². The number of amides is 1. The number of halogens is 1. The van der Waals surface area contributed by atoms with Crippen molar-refractivity contribution in [3.05, 3.63) is 76.3 Å². The van der Waals surface area contributed by atoms with E-state index < -0.39 is 0 Å². The highest BCUT2D eigenvalue weighted by Gasteiger charge is 2.29. The lowest BCUT2D eigenvalue weighted by molar-refractivity contribution is 0.0996. The summed E-state index contributed by atoms with van der Waals surface area (Å²) in [5.74, 6) is -0.243. The molecule has 29 heavy (non-hydrogen) atoms. The summed E-state index contributed by atoms with van der Waals surface area (Å²) in [6.45, 7) is 5.77. The van der Waals surface area contributed by atoms with Crippen LogP contribution in [0.2, 0.25) is 0 Å². The highest BCUT2D eigenvalue weighted by Crippen LogP contribution is 2.39. The molecular weight excluding hydrogens is 389 g/mol. The first-order valence-electron chi connectivity index (χ1n) is 9.64. The number of furan rings is 1. The van der Waals surface area contributed by atoms with Gasteiger partial charge in [0, 0.05) is 36.6 Å². The zero-order chi connectivity index (χ0) is 20.4. The quantitative estimate of drug-likeness (QED) is 0.675. The number of carbonyl (C=O) groups is 1. The molecule has 0 aliphatic carbocycles. The fourth-order valence-electron chi connectivity index (χ4n) is 3.72. The number of piperazine rings is 1. The monoisotopic (exact) mass is 413 g/mol. The Hall–Kier alpha value is -2.48. The van der Waals surface area contributed by atoms with Gasteiger partial charge in [-0.05, 0) is 49.9 Å². The molecule has 152 valence electrons. The number of thiophene rings is 1. The van der Waals surface area contributed by atoms with Crippen LogP contribution in [0.15, 0.2) is 53.1 Å². The molecule has 0 spiro atoms. The summed E-state index contributed by atoms with van der Waals surface area (Å²) in [4.78, 5) is 18.4. The molecule has 1 aromatic carbocycles. The Morgan fingerprint density at radius 3 is 2.55 bits per heavy atom. The van der Waals surface area contributed by atoms with E-state index in [4.69, 9.17) is 4.42 Å². The maximum atomic E-state index is 13.6. The minimum atomic E-state index is -0.269. The third-order valence-corrected chi connectivity index (χ3v) is 6.22. The number of nitrogens with zero attached hydrogens (tertiary/aromatic N) is 2. The average Bonchev–Trinajstić information content (AvgIpc) is 3.35. The lowest BCUT2D eigenvalue weighted by Crippen LogP contribution is -2.46. The van der Waals surface area contributed by atoms with Crippen LogP contribution in [0.4, 0.5) is 9.39 Å². The van der Waals surface area contributed by atoms with Gasteiger partial charge in [-0.3, -0.25) is 9.69 Å². The van der Waals surface area contributed by atoms with Crippen LogP contribution >= 0.6 is 11.3 Å². The van der Waals surface area contributed by atoms with Crippen molar-refractivity contribution in [2.75, 3.05) is 38.5 Å². The molecule has 1 N–H and O–H groups in total. The molecule has 1 saturated heterocycles. The molecule has 5 nitrogen and oxygen atoms in total. The molecule has 0 radical (unpaired) electrons. The fourth-order valence-corrected chi connectivity index (χ4v) is 4.66. The minimum Gasteiger partial charge on any atom is -0.459 e. The molecule has 3 aromatic rings. The van der Waals surface area contributed by atoms with E-state index in [1.807, 2.05) is 19.1 Å². The Morgan fingerprint density at radius 1 is 1.17 bits per heavy atom. The molecule has 2 aromatic heterocycles. The van der Waals surface area contributed by atoms with Gasteiger partial charge in [0.05, 0.1) is 12.3 Å². The van der Waals surface area contributed by atoms with Gasteiger partial charge in [0.25, 0.3) is 5.91 Å². The van der Waals surface area contributed by atoms with Crippen LogP contribution < -0.4 is 5.32 Å². The normalized spacial score (nSPS) is 16.7. The number of rotatable bonds is 5. The van der Waals surface area contributed by atoms with Gasteiger partial charge in [-0.25, -0.2) is 4.39 Å². The second-order valence-electron chi connectivity index (χ2n) is 7.37. The van der Waals surface area contributed by atoms with E-state index in [0.717, 1.165) is 47.2 Å². The Bertz CT molecular complexity index is 961. The van der Waals surface area contributed by atoms with E-state index in [0.29, 0.717) is 0 Å². The van der Waals surface area contributed by atoms with Gasteiger partial charge >= 0.3 is 0 Å². The summed E-state index contributed by atoms with van der Waals surface area (Å²) in [6.07, 6.45) is 1.49. The van der Waals surface area contributed by atoms with E-state index >= 15 is 0 Å². The van der Waals surface area contributed by atoms with Crippen LogP contribution in [0.25, 0.3) is 0 Å². The Kier molecular flexibility index (Phi) is 5.80. The van der Waals surface area contributed by atoms with E-state index in [-0.39, 0.29) is 23.5 Å². The van der Waals surface area contributed by atoms with Crippen molar-refractivity contribution < 1.29 is 13.6 Å². The van der Waals surface area contributed by atoms with Gasteiger partial charge in [0.1, 0.15) is 10.8 Å². The number of likely N-dealkylation sites (N-methyl/N-ethyl adjacent to an activating group) is 1. The topological polar surface area (TPSA) is 48.7 Å². The van der Waals surface area contributed by atoms with E-state index in [1.165, 1.54) is 18.4 Å². The summed E-state index contributed by atoms with van der Waals surface area (Å²) >= 11 is 1.55. The number of hydrogen-bond acceptors (Lipinski definition) is 5. The van der Waals surface area contributed by atoms with E-state index in [1.54, 1.807) is 23.5 Å². The Labute approximate surface area is 173 Å². The van der Waals surface area contributed by atoms with Crippen molar-refractivity contribution >= 4 is 22.2 Å². The number of anilines is 1. The van der Waals surface area contributed by atoms with Gasteiger partial charge in [-0.15, -0.1) is 11.3 Å². The largest absolute Gasteiger partial charge is 0.459 e. The SMILES string of the molecule is Cc1cc([C@@H](c2ccc(F)cc2)N2CCN(C)CC2)c(NC(=O)c2ccco2)s1. The third-order valence-electron chi connectivity index (χ3n) is 5.24. The van der Waals surface area contributed by atoms with Crippen molar-refractivity contribution in [1.82, 2.24) is 9.80 Å². The van der Waals surface area contributed by atoms with Crippen LogP contribution in [0.3, 0.4) is 0 Å². The van der Waals surface area contributed by atoms with Gasteiger partial charge in [0.2, 0.25) is 0 Å². The first kappa shape index (κ1) is 19.8. The molecule has 0 unspecified atom stereocenters. The minimum absolute atomic E-state index is 0.0545. The highest BCUT2D eigenvalue weighted by atomic mass is 32.1. The molecule has 1 aliphatic rings. The van der Waals surface area contributed by atoms with Crippen LogP contribution in [0.1, 0.15) is 32.6 Å². The van der Waals surface area contributed by atoms with Crippen molar-refractivity contribution in [2.45, 2.75) is 13.0 Å². The Balaban J connectivity index is 1.70. The highest BCUT2D eigenvalue weighted by molar-refractivity contribution is 7.16. The van der Waals surface area contributed by atoms with E-state index in [2.05, 4.69) is 28.2 Å². The standard InChI is InChI=1S/C22H24FN3O2S/c1-15-14-18(22(29-15)24-21(27)19-4-3-13-28-19)20(16-5-7-17(23)8-6-16)26-11-9-25(2)10-12-26/h3-8,13-14,20H,9-12H2,1-2H3,(H,24,27)/t20-/m1/s1. The van der Waals surface area contributed by atoms with Crippen molar-refractivity contribution in [1.29, 1.82) is 0 Å². The summed E-state index contributed by atoms with van der Waals surface area (Å²) < 4.78 is 18.8. The third kappa shape index (κ3) is 4.42. The first-order chi connectivity index (χ1) is 14.0. The number of benzene rings is 1. The van der Waals surface area contributed by atoms with Gasteiger partial charge < -0.3 is 14.6 Å². The van der Waals surface area contributed by atoms with Gasteiger partial charge in [-0.1, -0.05) is 12.1 Å². The van der Waals surface area contributed by atoms with Crippen molar-refractivity contribution in [2.24, 2.45) is 0 Å². The molecule has 1 aliphatic heterocycles. The number of carbonyl (C=O) groups excluding carboxylic acids is 1. The molecule has 1 amide bonds. The molecular formula is C22H24FN3O2S. The number of aryl methyl sites for hydroxylation is 1. The van der Waals surface area contributed by atoms with Crippen LogP contribution in [0, 0.1) is 12.7 Å². The summed E-state index contributed by atoms with van der Waals surface area (Å²) in [6, 6.07) is 12.1. The molecule has 0 saturated carbocycles. The zero-order valence-electron chi connectivity index (χ0n) is 16.5. The maximum absolute atomic E-state index is 13.6. The summed E-state index contributed by atoms with van der Waals surface area (Å²) in [7, 11) is 2.12. The average molecular weight is 414 g/mol. The number of nitrogens with one attached hydrogen (secondary N) is 1. The molecule has 0 bridgehead atoms. The molecule has 1 atom stereocenters. The van der Waals surface area contributed by atoms with Crippen molar-refractivity contribution in [3.63, 3.8) is 0 Å². The molecule has 4 rings (SSSR count).